The molecule has 2 heterocycles. The van der Waals surface area contributed by atoms with Crippen molar-refractivity contribution >= 4 is 5.91 Å². The fourth-order valence-electron chi connectivity index (χ4n) is 1.40. The summed E-state index contributed by atoms with van der Waals surface area (Å²) in [5, 5.41) is 0. The number of likely N-dealkylation sites (tertiary alicyclic amines) is 1. The summed E-state index contributed by atoms with van der Waals surface area (Å²) in [5.74, 6) is 0.307. The van der Waals surface area contributed by atoms with E-state index >= 15 is 0 Å². The van der Waals surface area contributed by atoms with Crippen molar-refractivity contribution < 1.29 is 9.21 Å². The molecule has 4 nitrogen and oxygen atoms in total. The number of aromatic nitrogens is 1. The topological polar surface area (TPSA) is 46.3 Å². The number of carbonyl (C=O) groups excluding carboxylic acids is 1. The lowest BCUT2D eigenvalue weighted by Crippen LogP contribution is -2.27. The molecule has 1 aliphatic rings. The Kier molecular flexibility index (Phi) is 1.81. The highest BCUT2D eigenvalue weighted by molar-refractivity contribution is 5.91. The van der Waals surface area contributed by atoms with Crippen molar-refractivity contribution in [3.05, 3.63) is 18.4 Å². The smallest absolute Gasteiger partial charge is 0.291 e. The average Bonchev–Trinajstić information content (AvgIpc) is 2.77. The van der Waals surface area contributed by atoms with E-state index in [1.54, 1.807) is 4.90 Å². The monoisotopic (exact) mass is 166 g/mol. The van der Waals surface area contributed by atoms with Gasteiger partial charge in [0.25, 0.3) is 5.91 Å². The van der Waals surface area contributed by atoms with E-state index in [0.29, 0.717) is 5.76 Å². The van der Waals surface area contributed by atoms with Gasteiger partial charge in [-0.15, -0.1) is 0 Å². The van der Waals surface area contributed by atoms with Crippen LogP contribution >= 0.6 is 0 Å². The van der Waals surface area contributed by atoms with Crippen molar-refractivity contribution in [2.75, 3.05) is 13.1 Å². The zero-order chi connectivity index (χ0) is 8.39. The standard InChI is InChI=1S/C8H10N2O2/c11-8(7-5-9-6-12-7)10-3-1-2-4-10/h5-6H,1-4H2. The third kappa shape index (κ3) is 1.20. The molecule has 1 aromatic rings. The van der Waals surface area contributed by atoms with Gasteiger partial charge in [0.15, 0.2) is 6.39 Å². The maximum atomic E-state index is 11.5. The minimum Gasteiger partial charge on any atom is -0.438 e. The number of oxazole rings is 1. The highest BCUT2D eigenvalue weighted by Gasteiger charge is 2.21. The van der Waals surface area contributed by atoms with Crippen LogP contribution in [0.5, 0.6) is 0 Å². The summed E-state index contributed by atoms with van der Waals surface area (Å²) >= 11 is 0. The molecule has 0 aliphatic carbocycles. The van der Waals surface area contributed by atoms with Gasteiger partial charge in [-0.05, 0) is 12.8 Å². The van der Waals surface area contributed by atoms with Gasteiger partial charge >= 0.3 is 0 Å². The molecule has 64 valence electrons. The van der Waals surface area contributed by atoms with Gasteiger partial charge < -0.3 is 9.32 Å². The van der Waals surface area contributed by atoms with Crippen molar-refractivity contribution in [3.8, 4) is 0 Å². The van der Waals surface area contributed by atoms with E-state index in [1.165, 1.54) is 12.6 Å². The van der Waals surface area contributed by atoms with Crippen LogP contribution in [0.15, 0.2) is 17.0 Å². The van der Waals surface area contributed by atoms with Crippen molar-refractivity contribution in [2.24, 2.45) is 0 Å². The van der Waals surface area contributed by atoms with Crippen LogP contribution in [0.1, 0.15) is 23.4 Å². The normalized spacial score (nSPS) is 16.8. The first-order chi connectivity index (χ1) is 5.88. The van der Waals surface area contributed by atoms with Gasteiger partial charge in [0.05, 0.1) is 6.20 Å². The Hall–Kier alpha value is -1.32. The Balaban J connectivity index is 2.09. The molecule has 0 aromatic carbocycles. The molecule has 0 saturated carbocycles. The summed E-state index contributed by atoms with van der Waals surface area (Å²) in [4.78, 5) is 17.0. The van der Waals surface area contributed by atoms with Crippen LogP contribution in [-0.2, 0) is 0 Å². The molecular weight excluding hydrogens is 156 g/mol. The Morgan fingerprint density at radius 1 is 1.50 bits per heavy atom. The SMILES string of the molecule is O=C(c1cnco1)N1CCCC1. The molecule has 0 radical (unpaired) electrons. The largest absolute Gasteiger partial charge is 0.438 e. The zero-order valence-corrected chi connectivity index (χ0v) is 6.69. The lowest BCUT2D eigenvalue weighted by Gasteiger charge is -2.11. The number of amides is 1. The Bertz CT molecular complexity index is 263. The maximum absolute atomic E-state index is 11.5. The third-order valence-corrected chi connectivity index (χ3v) is 2.04. The molecule has 1 aliphatic heterocycles. The van der Waals surface area contributed by atoms with Gasteiger partial charge in [-0.2, -0.15) is 0 Å². The number of carbonyl (C=O) groups is 1. The molecule has 12 heavy (non-hydrogen) atoms. The van der Waals surface area contributed by atoms with Crippen LogP contribution in [0.2, 0.25) is 0 Å². The van der Waals surface area contributed by atoms with Gasteiger partial charge in [-0.1, -0.05) is 0 Å². The molecule has 0 unspecified atom stereocenters. The second-order valence-electron chi connectivity index (χ2n) is 2.86. The molecule has 4 heteroatoms. The predicted octanol–water partition coefficient (Wildman–Crippen LogP) is 0.911. The summed E-state index contributed by atoms with van der Waals surface area (Å²) in [6.07, 6.45) is 4.93. The molecule has 1 aromatic heterocycles. The number of nitrogens with zero attached hydrogens (tertiary/aromatic N) is 2. The Morgan fingerprint density at radius 2 is 2.25 bits per heavy atom. The number of hydrogen-bond acceptors (Lipinski definition) is 3. The van der Waals surface area contributed by atoms with E-state index in [2.05, 4.69) is 4.98 Å². The second kappa shape index (κ2) is 2.97. The fourth-order valence-corrected chi connectivity index (χ4v) is 1.40. The average molecular weight is 166 g/mol. The van der Waals surface area contributed by atoms with Gasteiger partial charge in [-0.3, -0.25) is 4.79 Å². The molecule has 0 N–H and O–H groups in total. The molecular formula is C8H10N2O2. The van der Waals surface area contributed by atoms with Crippen LogP contribution in [0.25, 0.3) is 0 Å². The molecule has 2 rings (SSSR count). The molecule has 1 amide bonds. The minimum atomic E-state index is -0.0370. The molecule has 1 fully saturated rings. The first kappa shape index (κ1) is 7.34. The molecule has 0 bridgehead atoms. The molecule has 0 spiro atoms. The molecule has 0 atom stereocenters. The van der Waals surface area contributed by atoms with Crippen LogP contribution in [0, 0.1) is 0 Å². The van der Waals surface area contributed by atoms with Crippen molar-refractivity contribution in [2.45, 2.75) is 12.8 Å². The number of hydrogen-bond donors (Lipinski definition) is 0. The van der Waals surface area contributed by atoms with Gasteiger partial charge in [0.2, 0.25) is 5.76 Å². The van der Waals surface area contributed by atoms with Gasteiger partial charge in [0.1, 0.15) is 0 Å². The van der Waals surface area contributed by atoms with Crippen molar-refractivity contribution in [1.82, 2.24) is 9.88 Å². The lowest BCUT2D eigenvalue weighted by atomic mass is 10.4. The number of rotatable bonds is 1. The first-order valence-corrected chi connectivity index (χ1v) is 4.06. The minimum absolute atomic E-state index is 0.0370. The van der Waals surface area contributed by atoms with Crippen LogP contribution in [-0.4, -0.2) is 28.9 Å². The second-order valence-corrected chi connectivity index (χ2v) is 2.86. The van der Waals surface area contributed by atoms with E-state index in [1.807, 2.05) is 0 Å². The van der Waals surface area contributed by atoms with Crippen LogP contribution in [0.4, 0.5) is 0 Å². The van der Waals surface area contributed by atoms with E-state index in [4.69, 9.17) is 4.42 Å². The lowest BCUT2D eigenvalue weighted by molar-refractivity contribution is 0.0761. The highest BCUT2D eigenvalue weighted by Crippen LogP contribution is 2.11. The van der Waals surface area contributed by atoms with Gasteiger partial charge in [-0.25, -0.2) is 4.98 Å². The third-order valence-electron chi connectivity index (χ3n) is 2.04. The first-order valence-electron chi connectivity index (χ1n) is 4.06. The summed E-state index contributed by atoms with van der Waals surface area (Å²) < 4.78 is 4.91. The predicted molar refractivity (Wildman–Crippen MR) is 41.6 cm³/mol. The maximum Gasteiger partial charge on any atom is 0.291 e. The highest BCUT2D eigenvalue weighted by atomic mass is 16.3. The Labute approximate surface area is 70.2 Å². The van der Waals surface area contributed by atoms with Crippen LogP contribution < -0.4 is 0 Å². The fraction of sp³-hybridized carbons (Fsp3) is 0.500. The zero-order valence-electron chi connectivity index (χ0n) is 6.69. The summed E-state index contributed by atoms with van der Waals surface area (Å²) in [6.45, 7) is 1.69. The van der Waals surface area contributed by atoms with E-state index < -0.39 is 0 Å². The van der Waals surface area contributed by atoms with E-state index in [9.17, 15) is 4.79 Å². The van der Waals surface area contributed by atoms with E-state index in [0.717, 1.165) is 25.9 Å². The quantitative estimate of drug-likeness (QED) is 0.623. The van der Waals surface area contributed by atoms with Crippen molar-refractivity contribution in [1.29, 1.82) is 0 Å². The van der Waals surface area contributed by atoms with E-state index in [-0.39, 0.29) is 5.91 Å². The van der Waals surface area contributed by atoms with Crippen LogP contribution in [0.3, 0.4) is 0 Å². The van der Waals surface area contributed by atoms with Crippen molar-refractivity contribution in [3.63, 3.8) is 0 Å². The van der Waals surface area contributed by atoms with Gasteiger partial charge in [0, 0.05) is 13.1 Å². The summed E-state index contributed by atoms with van der Waals surface area (Å²) in [6, 6.07) is 0. The molecule has 1 saturated heterocycles. The summed E-state index contributed by atoms with van der Waals surface area (Å²) in [7, 11) is 0. The summed E-state index contributed by atoms with van der Waals surface area (Å²) in [5.41, 5.74) is 0. The Morgan fingerprint density at radius 3 is 2.83 bits per heavy atom.